The Kier molecular flexibility index (Phi) is 6.29. The Morgan fingerprint density at radius 1 is 1.07 bits per heavy atom. The molecule has 3 atom stereocenters. The highest BCUT2D eigenvalue weighted by atomic mass is 15.3. The molecule has 4 rings (SSSR count). The van der Waals surface area contributed by atoms with Crippen molar-refractivity contribution in [3.8, 4) is 11.4 Å². The Morgan fingerprint density at radius 3 is 2.37 bits per heavy atom. The number of rotatable bonds is 7. The van der Waals surface area contributed by atoms with Crippen molar-refractivity contribution < 1.29 is 0 Å². The number of hydrogen-bond donors (Lipinski definition) is 0. The largest absolute Gasteiger partial charge is 0.303 e. The average Bonchev–Trinajstić information content (AvgIpc) is 3.33. The lowest BCUT2D eigenvalue weighted by molar-refractivity contribution is 0.244. The van der Waals surface area contributed by atoms with Crippen LogP contribution in [-0.2, 0) is 13.5 Å². The summed E-state index contributed by atoms with van der Waals surface area (Å²) >= 11 is 0. The van der Waals surface area contributed by atoms with E-state index in [1.807, 2.05) is 17.9 Å². The Balaban J connectivity index is 1.19. The first-order valence-electron chi connectivity index (χ1n) is 11.8. The standard InChI is InChI=1S/C25H39N5/c1-18-15-26-29(5)24(18)23-10-9-22(27-28-23)8-6-7-19-13-20-16-30(17-21(20)14-19)12-11-25(2,3)4/h9-10,15,19-21H,6-8,11-14,16-17H2,1-5H3/t19?,20-,21+. The van der Waals surface area contributed by atoms with Crippen LogP contribution in [0.15, 0.2) is 18.3 Å². The van der Waals surface area contributed by atoms with Crippen molar-refractivity contribution in [1.82, 2.24) is 24.9 Å². The Hall–Kier alpha value is -1.75. The maximum atomic E-state index is 4.49. The van der Waals surface area contributed by atoms with Crippen molar-refractivity contribution in [2.45, 2.75) is 66.2 Å². The molecular formula is C25H39N5. The van der Waals surface area contributed by atoms with Crippen LogP contribution in [-0.4, -0.2) is 44.5 Å². The van der Waals surface area contributed by atoms with Crippen LogP contribution < -0.4 is 0 Å². The number of fused-ring (bicyclic) bond motifs is 1. The van der Waals surface area contributed by atoms with E-state index in [0.29, 0.717) is 5.41 Å². The predicted molar refractivity (Wildman–Crippen MR) is 122 cm³/mol. The van der Waals surface area contributed by atoms with Crippen LogP contribution in [0, 0.1) is 30.1 Å². The summed E-state index contributed by atoms with van der Waals surface area (Å²) in [6, 6.07) is 4.24. The van der Waals surface area contributed by atoms with Gasteiger partial charge in [0, 0.05) is 20.1 Å². The first-order chi connectivity index (χ1) is 14.3. The van der Waals surface area contributed by atoms with Gasteiger partial charge in [-0.05, 0) is 86.4 Å². The summed E-state index contributed by atoms with van der Waals surface area (Å²) in [5.41, 5.74) is 4.69. The lowest BCUT2D eigenvalue weighted by atomic mass is 9.92. The zero-order valence-electron chi connectivity index (χ0n) is 19.6. The van der Waals surface area contributed by atoms with E-state index >= 15 is 0 Å². The number of likely N-dealkylation sites (tertiary alicyclic amines) is 1. The Labute approximate surface area is 182 Å². The molecular weight excluding hydrogens is 370 g/mol. The van der Waals surface area contributed by atoms with Gasteiger partial charge < -0.3 is 4.90 Å². The van der Waals surface area contributed by atoms with Crippen LogP contribution in [0.3, 0.4) is 0 Å². The molecule has 0 amide bonds. The van der Waals surface area contributed by atoms with Crippen molar-refractivity contribution >= 4 is 0 Å². The molecule has 2 fully saturated rings. The summed E-state index contributed by atoms with van der Waals surface area (Å²) in [7, 11) is 1.96. The third-order valence-corrected chi connectivity index (χ3v) is 7.23. The summed E-state index contributed by atoms with van der Waals surface area (Å²) in [5.74, 6) is 2.83. The fraction of sp³-hybridized carbons (Fsp3) is 0.720. The van der Waals surface area contributed by atoms with Crippen LogP contribution >= 0.6 is 0 Å². The zero-order valence-corrected chi connectivity index (χ0v) is 19.6. The van der Waals surface area contributed by atoms with Gasteiger partial charge in [-0.3, -0.25) is 4.68 Å². The average molecular weight is 410 g/mol. The number of nitrogens with zero attached hydrogens (tertiary/aromatic N) is 5. The molecule has 0 bridgehead atoms. The minimum absolute atomic E-state index is 0.456. The van der Waals surface area contributed by atoms with Gasteiger partial charge in [0.25, 0.3) is 0 Å². The van der Waals surface area contributed by atoms with Gasteiger partial charge in [-0.25, -0.2) is 0 Å². The molecule has 0 spiro atoms. The van der Waals surface area contributed by atoms with Crippen LogP contribution in [0.2, 0.25) is 0 Å². The minimum Gasteiger partial charge on any atom is -0.303 e. The lowest BCUT2D eigenvalue weighted by Gasteiger charge is -2.24. The molecule has 5 heteroatoms. The van der Waals surface area contributed by atoms with Crippen LogP contribution in [0.25, 0.3) is 11.4 Å². The van der Waals surface area contributed by atoms with Gasteiger partial charge in [-0.2, -0.15) is 10.2 Å². The van der Waals surface area contributed by atoms with Gasteiger partial charge in [-0.1, -0.05) is 27.2 Å². The first kappa shape index (κ1) is 21.5. The molecule has 1 saturated carbocycles. The summed E-state index contributed by atoms with van der Waals surface area (Å²) in [4.78, 5) is 2.73. The molecule has 2 aromatic rings. The number of hydrogen-bond acceptors (Lipinski definition) is 4. The van der Waals surface area contributed by atoms with Gasteiger partial charge in [-0.15, -0.1) is 5.10 Å². The Morgan fingerprint density at radius 2 is 1.80 bits per heavy atom. The molecule has 0 radical (unpaired) electrons. The van der Waals surface area contributed by atoms with Crippen molar-refractivity contribution in [2.24, 2.45) is 30.2 Å². The second kappa shape index (κ2) is 8.78. The van der Waals surface area contributed by atoms with Crippen LogP contribution in [0.1, 0.15) is 64.1 Å². The molecule has 1 unspecified atom stereocenters. The van der Waals surface area contributed by atoms with E-state index in [9.17, 15) is 0 Å². The quantitative estimate of drug-likeness (QED) is 0.652. The van der Waals surface area contributed by atoms with Crippen LogP contribution in [0.4, 0.5) is 0 Å². The van der Waals surface area contributed by atoms with Crippen molar-refractivity contribution in [3.63, 3.8) is 0 Å². The predicted octanol–water partition coefficient (Wildman–Crippen LogP) is 4.90. The second-order valence-electron chi connectivity index (χ2n) is 11.0. The van der Waals surface area contributed by atoms with Crippen LogP contribution in [0.5, 0.6) is 0 Å². The highest BCUT2D eigenvalue weighted by Crippen LogP contribution is 2.43. The molecule has 1 aliphatic carbocycles. The fourth-order valence-corrected chi connectivity index (χ4v) is 5.54. The molecule has 1 saturated heterocycles. The van der Waals surface area contributed by atoms with Crippen molar-refractivity contribution in [2.75, 3.05) is 19.6 Å². The monoisotopic (exact) mass is 409 g/mol. The van der Waals surface area contributed by atoms with E-state index in [0.717, 1.165) is 46.8 Å². The SMILES string of the molecule is Cc1cnn(C)c1-c1ccc(CCCC2C[C@@H]3CN(CCC(C)(C)C)C[C@@H]3C2)nn1. The smallest absolute Gasteiger partial charge is 0.111 e. The van der Waals surface area contributed by atoms with Gasteiger partial charge >= 0.3 is 0 Å². The zero-order chi connectivity index (χ0) is 21.3. The molecule has 2 aromatic heterocycles. The molecule has 1 aliphatic heterocycles. The summed E-state index contributed by atoms with van der Waals surface area (Å²) in [6.07, 6.45) is 9.71. The highest BCUT2D eigenvalue weighted by molar-refractivity contribution is 5.57. The Bertz CT molecular complexity index is 799. The molecule has 2 aliphatic rings. The maximum Gasteiger partial charge on any atom is 0.111 e. The van der Waals surface area contributed by atoms with E-state index in [-0.39, 0.29) is 0 Å². The van der Waals surface area contributed by atoms with E-state index in [4.69, 9.17) is 0 Å². The van der Waals surface area contributed by atoms with Gasteiger partial charge in [0.2, 0.25) is 0 Å². The lowest BCUT2D eigenvalue weighted by Crippen LogP contribution is -2.26. The van der Waals surface area contributed by atoms with E-state index in [2.05, 4.69) is 60.0 Å². The fourth-order valence-electron chi connectivity index (χ4n) is 5.54. The van der Waals surface area contributed by atoms with Gasteiger partial charge in [0.1, 0.15) is 5.69 Å². The first-order valence-corrected chi connectivity index (χ1v) is 11.8. The van der Waals surface area contributed by atoms with Gasteiger partial charge in [0.05, 0.1) is 17.6 Å². The van der Waals surface area contributed by atoms with Crippen molar-refractivity contribution in [3.05, 3.63) is 29.6 Å². The second-order valence-corrected chi connectivity index (χ2v) is 11.0. The topological polar surface area (TPSA) is 46.8 Å². The molecule has 0 aromatic carbocycles. The normalized spacial score (nSPS) is 24.5. The summed E-state index contributed by atoms with van der Waals surface area (Å²) < 4.78 is 1.88. The van der Waals surface area contributed by atoms with Crippen molar-refractivity contribution in [1.29, 1.82) is 0 Å². The summed E-state index contributed by atoms with van der Waals surface area (Å²) in [5, 5.41) is 13.3. The van der Waals surface area contributed by atoms with E-state index < -0.39 is 0 Å². The molecule has 5 nitrogen and oxygen atoms in total. The van der Waals surface area contributed by atoms with E-state index in [1.54, 1.807) is 0 Å². The van der Waals surface area contributed by atoms with E-state index in [1.165, 1.54) is 51.7 Å². The number of aromatic nitrogens is 4. The number of aryl methyl sites for hydroxylation is 3. The summed E-state index contributed by atoms with van der Waals surface area (Å²) in [6.45, 7) is 13.1. The van der Waals surface area contributed by atoms with Gasteiger partial charge in [0.15, 0.2) is 0 Å². The molecule has 0 N–H and O–H groups in total. The molecule has 30 heavy (non-hydrogen) atoms. The highest BCUT2D eigenvalue weighted by Gasteiger charge is 2.40. The molecule has 164 valence electrons. The third-order valence-electron chi connectivity index (χ3n) is 7.23. The minimum atomic E-state index is 0.456. The third kappa shape index (κ3) is 5.11. The maximum absolute atomic E-state index is 4.49. The molecule has 3 heterocycles.